The predicted octanol–water partition coefficient (Wildman–Crippen LogP) is 3.60. The molecule has 0 unspecified atom stereocenters. The van der Waals surface area contributed by atoms with Crippen molar-refractivity contribution in [1.82, 2.24) is 0 Å². The maximum absolute atomic E-state index is 9.46. The molecule has 0 fully saturated rings. The maximum Gasteiger partial charge on any atom is 0.129 e. The second-order valence-corrected chi connectivity index (χ2v) is 4.74. The van der Waals surface area contributed by atoms with Crippen LogP contribution in [-0.4, -0.2) is 19.2 Å². The van der Waals surface area contributed by atoms with E-state index in [0.29, 0.717) is 0 Å². The summed E-state index contributed by atoms with van der Waals surface area (Å²) in [6.45, 7) is 1.75. The molecule has 2 rings (SSSR count). The van der Waals surface area contributed by atoms with Crippen molar-refractivity contribution in [2.45, 2.75) is 13.0 Å². The van der Waals surface area contributed by atoms with Crippen molar-refractivity contribution in [1.29, 1.82) is 0 Å². The number of hydrogen-bond acceptors (Lipinski definition) is 3. The molecule has 3 heteroatoms. The second-order valence-electron chi connectivity index (χ2n) is 4.74. The highest BCUT2D eigenvalue weighted by molar-refractivity contribution is 5.50. The van der Waals surface area contributed by atoms with Crippen molar-refractivity contribution < 1.29 is 9.84 Å². The third-order valence-corrected chi connectivity index (χ3v) is 2.93. The van der Waals surface area contributed by atoms with Crippen molar-refractivity contribution in [3.8, 4) is 11.5 Å². The third kappa shape index (κ3) is 3.48. The van der Waals surface area contributed by atoms with Crippen LogP contribution in [0.3, 0.4) is 0 Å². The fourth-order valence-electron chi connectivity index (χ4n) is 1.78. The van der Waals surface area contributed by atoms with Gasteiger partial charge in [-0.25, -0.2) is 0 Å². The Morgan fingerprint density at radius 3 is 2.26 bits per heavy atom. The molecule has 3 nitrogen and oxygen atoms in total. The van der Waals surface area contributed by atoms with E-state index < -0.39 is 6.10 Å². The summed E-state index contributed by atoms with van der Waals surface area (Å²) in [7, 11) is 3.99. The van der Waals surface area contributed by atoms with Gasteiger partial charge in [0.05, 0.1) is 6.10 Å². The maximum atomic E-state index is 9.46. The van der Waals surface area contributed by atoms with Crippen molar-refractivity contribution >= 4 is 5.69 Å². The minimum absolute atomic E-state index is 0.453. The summed E-state index contributed by atoms with van der Waals surface area (Å²) in [5, 5.41) is 9.46. The van der Waals surface area contributed by atoms with Gasteiger partial charge in [-0.15, -0.1) is 0 Å². The van der Waals surface area contributed by atoms with Crippen molar-refractivity contribution in [2.75, 3.05) is 19.0 Å². The van der Waals surface area contributed by atoms with Crippen LogP contribution in [-0.2, 0) is 0 Å². The minimum Gasteiger partial charge on any atom is -0.457 e. The van der Waals surface area contributed by atoms with Crippen LogP contribution in [0.15, 0.2) is 48.5 Å². The standard InChI is InChI=1S/C16H19NO2/c1-12(18)13-7-9-15(10-8-13)19-16-6-4-5-14(11-16)17(2)3/h4-12,18H,1-3H3/t12-/m0/s1. The first kappa shape index (κ1) is 13.4. The van der Waals surface area contributed by atoms with E-state index in [1.54, 1.807) is 6.92 Å². The number of ether oxygens (including phenoxy) is 1. The Labute approximate surface area is 114 Å². The normalized spacial score (nSPS) is 12.0. The molecule has 0 saturated heterocycles. The lowest BCUT2D eigenvalue weighted by Crippen LogP contribution is -2.08. The number of aliphatic hydroxyl groups is 1. The number of aliphatic hydroxyl groups excluding tert-OH is 1. The molecule has 0 heterocycles. The van der Waals surface area contributed by atoms with Crippen molar-refractivity contribution in [3.05, 3.63) is 54.1 Å². The monoisotopic (exact) mass is 257 g/mol. The summed E-state index contributed by atoms with van der Waals surface area (Å²) in [6.07, 6.45) is -0.453. The highest BCUT2D eigenvalue weighted by atomic mass is 16.5. The molecule has 0 aliphatic heterocycles. The van der Waals surface area contributed by atoms with Crippen LogP contribution in [0.1, 0.15) is 18.6 Å². The molecule has 19 heavy (non-hydrogen) atoms. The minimum atomic E-state index is -0.453. The van der Waals surface area contributed by atoms with E-state index >= 15 is 0 Å². The van der Waals surface area contributed by atoms with Gasteiger partial charge in [-0.2, -0.15) is 0 Å². The van der Waals surface area contributed by atoms with Gasteiger partial charge in [-0.1, -0.05) is 18.2 Å². The lowest BCUT2D eigenvalue weighted by Gasteiger charge is -2.14. The van der Waals surface area contributed by atoms with E-state index in [9.17, 15) is 5.11 Å². The molecule has 0 aromatic heterocycles. The molecule has 1 atom stereocenters. The zero-order chi connectivity index (χ0) is 13.8. The van der Waals surface area contributed by atoms with Gasteiger partial charge in [-0.3, -0.25) is 0 Å². The van der Waals surface area contributed by atoms with Crippen LogP contribution in [0.4, 0.5) is 5.69 Å². The molecule has 0 saturated carbocycles. The third-order valence-electron chi connectivity index (χ3n) is 2.93. The first-order chi connectivity index (χ1) is 9.06. The Balaban J connectivity index is 2.14. The van der Waals surface area contributed by atoms with Crippen LogP contribution >= 0.6 is 0 Å². The summed E-state index contributed by atoms with van der Waals surface area (Å²) >= 11 is 0. The lowest BCUT2D eigenvalue weighted by molar-refractivity contribution is 0.199. The lowest BCUT2D eigenvalue weighted by atomic mass is 10.1. The summed E-state index contributed by atoms with van der Waals surface area (Å²) in [5.74, 6) is 1.57. The van der Waals surface area contributed by atoms with E-state index in [-0.39, 0.29) is 0 Å². The largest absolute Gasteiger partial charge is 0.457 e. The SMILES string of the molecule is C[C@H](O)c1ccc(Oc2cccc(N(C)C)c2)cc1. The topological polar surface area (TPSA) is 32.7 Å². The number of nitrogens with zero attached hydrogens (tertiary/aromatic N) is 1. The van der Waals surface area contributed by atoms with E-state index in [0.717, 1.165) is 22.7 Å². The van der Waals surface area contributed by atoms with Gasteiger partial charge in [-0.05, 0) is 36.8 Å². The first-order valence-corrected chi connectivity index (χ1v) is 6.29. The summed E-state index contributed by atoms with van der Waals surface area (Å²) < 4.78 is 5.80. The number of rotatable bonds is 4. The molecular weight excluding hydrogens is 238 g/mol. The van der Waals surface area contributed by atoms with Crippen LogP contribution in [0, 0.1) is 0 Å². The number of benzene rings is 2. The van der Waals surface area contributed by atoms with Gasteiger partial charge in [0.2, 0.25) is 0 Å². The molecule has 2 aromatic rings. The molecule has 0 radical (unpaired) electrons. The average molecular weight is 257 g/mol. The van der Waals surface area contributed by atoms with E-state index in [1.165, 1.54) is 0 Å². The Bertz CT molecular complexity index is 533. The van der Waals surface area contributed by atoms with Gasteiger partial charge in [0, 0.05) is 25.8 Å². The molecule has 0 amide bonds. The van der Waals surface area contributed by atoms with Gasteiger partial charge in [0.25, 0.3) is 0 Å². The zero-order valence-electron chi connectivity index (χ0n) is 11.5. The Morgan fingerprint density at radius 1 is 1.00 bits per heavy atom. The highest BCUT2D eigenvalue weighted by Crippen LogP contribution is 2.26. The van der Waals surface area contributed by atoms with Crippen molar-refractivity contribution in [3.63, 3.8) is 0 Å². The van der Waals surface area contributed by atoms with E-state index in [1.807, 2.05) is 67.5 Å². The highest BCUT2D eigenvalue weighted by Gasteiger charge is 2.03. The smallest absolute Gasteiger partial charge is 0.129 e. The predicted molar refractivity (Wildman–Crippen MR) is 77.9 cm³/mol. The fourth-order valence-corrected chi connectivity index (χ4v) is 1.78. The summed E-state index contributed by atoms with van der Waals surface area (Å²) in [6, 6.07) is 15.4. The first-order valence-electron chi connectivity index (χ1n) is 6.29. The zero-order valence-corrected chi connectivity index (χ0v) is 11.5. The van der Waals surface area contributed by atoms with Crippen LogP contribution in [0.5, 0.6) is 11.5 Å². The average Bonchev–Trinajstić information content (AvgIpc) is 2.39. The second kappa shape index (κ2) is 5.76. The molecular formula is C16H19NO2. The van der Waals surface area contributed by atoms with E-state index in [2.05, 4.69) is 0 Å². The summed E-state index contributed by atoms with van der Waals surface area (Å²) in [5.41, 5.74) is 1.98. The molecule has 1 N–H and O–H groups in total. The molecule has 0 aliphatic carbocycles. The van der Waals surface area contributed by atoms with Crippen LogP contribution < -0.4 is 9.64 Å². The molecule has 0 spiro atoms. The van der Waals surface area contributed by atoms with Gasteiger partial charge < -0.3 is 14.7 Å². The Hall–Kier alpha value is -2.00. The quantitative estimate of drug-likeness (QED) is 0.908. The fraction of sp³-hybridized carbons (Fsp3) is 0.250. The van der Waals surface area contributed by atoms with Gasteiger partial charge in [0.1, 0.15) is 11.5 Å². The Morgan fingerprint density at radius 2 is 1.68 bits per heavy atom. The molecule has 0 aliphatic rings. The van der Waals surface area contributed by atoms with Gasteiger partial charge >= 0.3 is 0 Å². The van der Waals surface area contributed by atoms with Crippen molar-refractivity contribution in [2.24, 2.45) is 0 Å². The van der Waals surface area contributed by atoms with Gasteiger partial charge in [0.15, 0.2) is 0 Å². The van der Waals surface area contributed by atoms with Crippen LogP contribution in [0.25, 0.3) is 0 Å². The Kier molecular flexibility index (Phi) is 4.07. The molecule has 2 aromatic carbocycles. The number of hydrogen-bond donors (Lipinski definition) is 1. The van der Waals surface area contributed by atoms with Crippen LogP contribution in [0.2, 0.25) is 0 Å². The molecule has 100 valence electrons. The molecule has 0 bridgehead atoms. The van der Waals surface area contributed by atoms with E-state index in [4.69, 9.17) is 4.74 Å². The summed E-state index contributed by atoms with van der Waals surface area (Å²) in [4.78, 5) is 2.03. The number of anilines is 1.